The fraction of sp³-hybridized carbons (Fsp3) is 0.250. The van der Waals surface area contributed by atoms with E-state index in [0.717, 1.165) is 0 Å². The quantitative estimate of drug-likeness (QED) is 0.551. The maximum absolute atomic E-state index is 2.28. The Hall–Kier alpha value is -0.350. The highest BCUT2D eigenvalue weighted by molar-refractivity contribution is 7.36. The molecule has 0 nitrogen and oxygen atoms in total. The highest BCUT2D eigenvalue weighted by Gasteiger charge is 1.89. The Balaban J connectivity index is 2.61. The number of rotatable bonds is 2. The average molecular weight is 139 g/mol. The van der Waals surface area contributed by atoms with E-state index in [2.05, 4.69) is 37.0 Å². The van der Waals surface area contributed by atoms with Gasteiger partial charge in [-0.2, -0.15) is 0 Å². The van der Waals surface area contributed by atoms with Gasteiger partial charge in [-0.15, -0.1) is 0 Å². The van der Waals surface area contributed by atoms with Gasteiger partial charge >= 0.3 is 0 Å². The minimum Gasteiger partial charge on any atom is -0.0622 e. The van der Waals surface area contributed by atoms with Gasteiger partial charge < -0.3 is 0 Å². The molecular weight excluding hydrogens is 127 g/mol. The highest BCUT2D eigenvalue weighted by Crippen LogP contribution is 2.12. The summed E-state index contributed by atoms with van der Waals surface area (Å²) in [6, 6.07) is 10.6. The van der Waals surface area contributed by atoms with Gasteiger partial charge in [-0.1, -0.05) is 30.3 Å². The van der Waals surface area contributed by atoms with Crippen LogP contribution in [-0.4, -0.2) is 6.66 Å². The van der Waals surface area contributed by atoms with E-state index < -0.39 is 0 Å². The van der Waals surface area contributed by atoms with Gasteiger partial charge in [0.25, 0.3) is 0 Å². The first kappa shape index (κ1) is 6.77. The molecule has 0 N–H and O–H groups in total. The lowest BCUT2D eigenvalue weighted by molar-refractivity contribution is 1.41. The molecule has 0 heterocycles. The Morgan fingerprint density at radius 1 is 1.22 bits per heavy atom. The molecule has 0 radical (unpaired) electrons. The number of hydrogen-bond acceptors (Lipinski definition) is 0. The Morgan fingerprint density at radius 2 is 1.89 bits per heavy atom. The molecule has 0 aliphatic rings. The van der Waals surface area contributed by atoms with Crippen LogP contribution in [0.2, 0.25) is 0 Å². The van der Waals surface area contributed by atoms with Crippen molar-refractivity contribution < 1.29 is 0 Å². The first-order chi connectivity index (χ1) is 4.43. The van der Waals surface area contributed by atoms with E-state index in [9.17, 15) is 0 Å². The predicted molar refractivity (Wildman–Crippen MR) is 45.8 cm³/mol. The van der Waals surface area contributed by atoms with E-state index in [0.29, 0.717) is 8.58 Å². The molecule has 1 atom stereocenters. The molecule has 0 bridgehead atoms. The first-order valence-corrected chi connectivity index (χ1v) is 5.22. The van der Waals surface area contributed by atoms with Gasteiger partial charge in [0.1, 0.15) is 0 Å². The van der Waals surface area contributed by atoms with Gasteiger partial charge in [0.2, 0.25) is 0 Å². The molecule has 0 amide bonds. The van der Waals surface area contributed by atoms with E-state index in [-0.39, 0.29) is 0 Å². The minimum atomic E-state index is 0.625. The van der Waals surface area contributed by atoms with Crippen molar-refractivity contribution in [3.8, 4) is 0 Å². The van der Waals surface area contributed by atoms with E-state index in [4.69, 9.17) is 0 Å². The Morgan fingerprint density at radius 3 is 2.44 bits per heavy atom. The van der Waals surface area contributed by atoms with Crippen LogP contribution >= 0.6 is 8.58 Å². The molecule has 1 rings (SSSR count). The van der Waals surface area contributed by atoms with Gasteiger partial charge in [-0.25, -0.2) is 0 Å². The third-order valence-corrected chi connectivity index (χ3v) is 2.16. The van der Waals surface area contributed by atoms with Crippen LogP contribution in [-0.2, 0) is 6.16 Å². The maximum atomic E-state index is 2.28. The zero-order valence-corrected chi connectivity index (χ0v) is 6.83. The lowest BCUT2D eigenvalue weighted by Gasteiger charge is -1.89. The summed E-state index contributed by atoms with van der Waals surface area (Å²) < 4.78 is 0. The Kier molecular flexibility index (Phi) is 2.73. The number of benzene rings is 1. The van der Waals surface area contributed by atoms with E-state index in [1.807, 2.05) is 0 Å². The smallest absolute Gasteiger partial charge is 0.0622 e. The van der Waals surface area contributed by atoms with Gasteiger partial charge in [-0.3, -0.25) is 0 Å². The van der Waals surface area contributed by atoms with E-state index in [1.54, 1.807) is 0 Å². The monoisotopic (exact) mass is 139 g/mol. The zero-order valence-electron chi connectivity index (χ0n) is 5.67. The lowest BCUT2D eigenvalue weighted by atomic mass is 10.2. The molecule has 48 valence electrons. The standard InChI is InChI=1S/C8H11P/c1-9-7-8-5-3-2-4-6-8/h2-6,9H,7H2,1H3/p+1. The van der Waals surface area contributed by atoms with Gasteiger partial charge in [0.15, 0.2) is 0 Å². The van der Waals surface area contributed by atoms with Gasteiger partial charge in [0.05, 0.1) is 6.16 Å². The molecule has 0 spiro atoms. The summed E-state index contributed by atoms with van der Waals surface area (Å²) in [7, 11) is 0.625. The van der Waals surface area contributed by atoms with Crippen LogP contribution in [0.1, 0.15) is 5.56 Å². The fourth-order valence-electron chi connectivity index (χ4n) is 0.850. The fourth-order valence-corrected chi connectivity index (χ4v) is 1.59. The van der Waals surface area contributed by atoms with Crippen molar-refractivity contribution in [3.63, 3.8) is 0 Å². The van der Waals surface area contributed by atoms with Crippen LogP contribution < -0.4 is 0 Å². The van der Waals surface area contributed by atoms with Gasteiger partial charge in [-0.05, 0) is 14.1 Å². The summed E-state index contributed by atoms with van der Waals surface area (Å²) in [5.74, 6) is 0. The van der Waals surface area contributed by atoms with Gasteiger partial charge in [0, 0.05) is 6.66 Å². The van der Waals surface area contributed by atoms with Crippen LogP contribution in [0.3, 0.4) is 0 Å². The van der Waals surface area contributed by atoms with Crippen molar-refractivity contribution in [1.82, 2.24) is 0 Å². The van der Waals surface area contributed by atoms with Crippen LogP contribution in [0.15, 0.2) is 30.3 Å². The normalized spacial score (nSPS) is 10.8. The molecule has 1 aromatic carbocycles. The topological polar surface area (TPSA) is 0 Å². The molecule has 0 aliphatic carbocycles. The van der Waals surface area contributed by atoms with E-state index in [1.165, 1.54) is 11.7 Å². The number of hydrogen-bond donors (Lipinski definition) is 0. The molecule has 9 heavy (non-hydrogen) atoms. The highest BCUT2D eigenvalue weighted by atomic mass is 31.1. The average Bonchev–Trinajstić information content (AvgIpc) is 1.91. The van der Waals surface area contributed by atoms with Crippen molar-refractivity contribution >= 4 is 8.58 Å². The molecular formula is C8H12P+. The lowest BCUT2D eigenvalue weighted by Crippen LogP contribution is -1.73. The maximum Gasteiger partial charge on any atom is 0.0794 e. The molecule has 0 saturated heterocycles. The van der Waals surface area contributed by atoms with Crippen molar-refractivity contribution in [2.75, 3.05) is 6.66 Å². The molecule has 0 aromatic heterocycles. The van der Waals surface area contributed by atoms with Crippen LogP contribution in [0.5, 0.6) is 0 Å². The van der Waals surface area contributed by atoms with Crippen molar-refractivity contribution in [1.29, 1.82) is 0 Å². The summed E-state index contributed by atoms with van der Waals surface area (Å²) in [5.41, 5.74) is 1.48. The van der Waals surface area contributed by atoms with Crippen molar-refractivity contribution in [2.24, 2.45) is 0 Å². The predicted octanol–water partition coefficient (Wildman–Crippen LogP) is 2.23. The molecule has 1 aromatic rings. The molecule has 0 fully saturated rings. The summed E-state index contributed by atoms with van der Waals surface area (Å²) >= 11 is 0. The Bertz CT molecular complexity index is 157. The SMILES string of the molecule is C[PH2+]Cc1ccccc1. The van der Waals surface area contributed by atoms with Crippen LogP contribution in [0.4, 0.5) is 0 Å². The second-order valence-corrected chi connectivity index (χ2v) is 3.32. The molecule has 1 unspecified atom stereocenters. The molecule has 0 saturated carbocycles. The first-order valence-electron chi connectivity index (χ1n) is 3.25. The summed E-state index contributed by atoms with van der Waals surface area (Å²) in [5, 5.41) is 0. The third kappa shape index (κ3) is 2.15. The summed E-state index contributed by atoms with van der Waals surface area (Å²) in [4.78, 5) is 0. The molecule has 1 heteroatoms. The van der Waals surface area contributed by atoms with Crippen molar-refractivity contribution in [3.05, 3.63) is 35.9 Å². The largest absolute Gasteiger partial charge is 0.0794 e. The molecule has 0 aliphatic heterocycles. The zero-order chi connectivity index (χ0) is 6.53. The second-order valence-electron chi connectivity index (χ2n) is 2.10. The van der Waals surface area contributed by atoms with Crippen LogP contribution in [0, 0.1) is 0 Å². The Labute approximate surface area is 58.1 Å². The minimum absolute atomic E-state index is 0.625. The second kappa shape index (κ2) is 3.63. The summed E-state index contributed by atoms with van der Waals surface area (Å²) in [6.07, 6.45) is 1.29. The van der Waals surface area contributed by atoms with Crippen molar-refractivity contribution in [2.45, 2.75) is 6.16 Å². The van der Waals surface area contributed by atoms with E-state index >= 15 is 0 Å². The third-order valence-electron chi connectivity index (χ3n) is 1.28. The summed E-state index contributed by atoms with van der Waals surface area (Å²) in [6.45, 7) is 2.28. The van der Waals surface area contributed by atoms with Crippen LogP contribution in [0.25, 0.3) is 0 Å².